The molecular weight excluding hydrogens is 92.1 g/mol. The SMILES string of the molecule is CN(C)C(N)C=O. The topological polar surface area (TPSA) is 46.3 Å². The van der Waals surface area contributed by atoms with Crippen molar-refractivity contribution < 1.29 is 4.79 Å². The average Bonchev–Trinajstić information content (AvgIpc) is 1.65. The minimum Gasteiger partial charge on any atom is -0.310 e. The van der Waals surface area contributed by atoms with Gasteiger partial charge in [0.25, 0.3) is 0 Å². The van der Waals surface area contributed by atoms with E-state index in [1.807, 2.05) is 0 Å². The number of hydrogen-bond donors (Lipinski definition) is 1. The van der Waals surface area contributed by atoms with Crippen LogP contribution < -0.4 is 5.73 Å². The number of carbonyl (C=O) groups excluding carboxylic acids is 1. The third kappa shape index (κ3) is 2.31. The molecule has 3 nitrogen and oxygen atoms in total. The van der Waals surface area contributed by atoms with Crippen molar-refractivity contribution in [2.75, 3.05) is 14.1 Å². The van der Waals surface area contributed by atoms with Gasteiger partial charge in [0, 0.05) is 0 Å². The van der Waals surface area contributed by atoms with Crippen LogP contribution in [0.3, 0.4) is 0 Å². The average molecular weight is 102 g/mol. The lowest BCUT2D eigenvalue weighted by Crippen LogP contribution is -2.37. The molecule has 3 heteroatoms. The van der Waals surface area contributed by atoms with Gasteiger partial charge in [0.1, 0.15) is 6.17 Å². The minimum atomic E-state index is -0.444. The van der Waals surface area contributed by atoms with Crippen LogP contribution in [0.15, 0.2) is 0 Å². The van der Waals surface area contributed by atoms with E-state index in [1.54, 1.807) is 19.0 Å². The molecule has 0 saturated heterocycles. The number of rotatable bonds is 2. The predicted octanol–water partition coefficient (Wildman–Crippen LogP) is -0.968. The summed E-state index contributed by atoms with van der Waals surface area (Å²) in [6.07, 6.45) is 0.250. The summed E-state index contributed by atoms with van der Waals surface area (Å²) >= 11 is 0. The second-order valence-corrected chi connectivity index (χ2v) is 1.59. The van der Waals surface area contributed by atoms with E-state index in [4.69, 9.17) is 5.73 Å². The zero-order valence-corrected chi connectivity index (χ0v) is 4.59. The Labute approximate surface area is 43.1 Å². The molecular formula is C4H10N2O. The summed E-state index contributed by atoms with van der Waals surface area (Å²) in [7, 11) is 3.50. The third-order valence-corrected chi connectivity index (χ3v) is 0.736. The molecule has 42 valence electrons. The van der Waals surface area contributed by atoms with E-state index in [1.165, 1.54) is 0 Å². The molecule has 0 radical (unpaired) electrons. The van der Waals surface area contributed by atoms with Crippen molar-refractivity contribution in [2.24, 2.45) is 5.73 Å². The first-order chi connectivity index (χ1) is 3.18. The summed E-state index contributed by atoms with van der Waals surface area (Å²) in [6.45, 7) is 0. The first-order valence-corrected chi connectivity index (χ1v) is 2.05. The summed E-state index contributed by atoms with van der Waals surface area (Å²) in [5.41, 5.74) is 5.17. The quantitative estimate of drug-likeness (QED) is 0.360. The van der Waals surface area contributed by atoms with E-state index in [2.05, 4.69) is 0 Å². The summed E-state index contributed by atoms with van der Waals surface area (Å²) in [5, 5.41) is 0. The smallest absolute Gasteiger partial charge is 0.151 e. The Morgan fingerprint density at radius 1 is 1.71 bits per heavy atom. The highest BCUT2D eigenvalue weighted by molar-refractivity contribution is 5.56. The molecule has 0 aromatic carbocycles. The molecule has 7 heavy (non-hydrogen) atoms. The molecule has 0 aliphatic heterocycles. The van der Waals surface area contributed by atoms with E-state index in [0.29, 0.717) is 6.29 Å². The molecule has 0 aliphatic carbocycles. The Morgan fingerprint density at radius 2 is 2.14 bits per heavy atom. The highest BCUT2D eigenvalue weighted by atomic mass is 16.1. The number of nitrogens with zero attached hydrogens (tertiary/aromatic N) is 1. The Hall–Kier alpha value is -0.410. The van der Waals surface area contributed by atoms with Gasteiger partial charge in [-0.25, -0.2) is 0 Å². The summed E-state index contributed by atoms with van der Waals surface area (Å²) in [5.74, 6) is 0. The summed E-state index contributed by atoms with van der Waals surface area (Å²) < 4.78 is 0. The Bertz CT molecular complexity index is 62.7. The van der Waals surface area contributed by atoms with Gasteiger partial charge >= 0.3 is 0 Å². The van der Waals surface area contributed by atoms with Gasteiger partial charge in [0.05, 0.1) is 0 Å². The lowest BCUT2D eigenvalue weighted by Gasteiger charge is -2.11. The predicted molar refractivity (Wildman–Crippen MR) is 27.7 cm³/mol. The van der Waals surface area contributed by atoms with Crippen molar-refractivity contribution in [1.29, 1.82) is 0 Å². The first kappa shape index (κ1) is 6.59. The molecule has 2 N–H and O–H groups in total. The lowest BCUT2D eigenvalue weighted by molar-refractivity contribution is -0.111. The highest BCUT2D eigenvalue weighted by Crippen LogP contribution is 1.73. The van der Waals surface area contributed by atoms with Crippen molar-refractivity contribution in [3.05, 3.63) is 0 Å². The van der Waals surface area contributed by atoms with Crippen LogP contribution in [-0.4, -0.2) is 31.4 Å². The molecule has 1 unspecified atom stereocenters. The fraction of sp³-hybridized carbons (Fsp3) is 0.750. The number of hydrogen-bond acceptors (Lipinski definition) is 3. The van der Waals surface area contributed by atoms with Crippen LogP contribution in [0.4, 0.5) is 0 Å². The largest absolute Gasteiger partial charge is 0.310 e. The Morgan fingerprint density at radius 3 is 2.14 bits per heavy atom. The molecule has 0 saturated carbocycles. The van der Waals surface area contributed by atoms with E-state index in [9.17, 15) is 4.79 Å². The zero-order valence-electron chi connectivity index (χ0n) is 4.59. The van der Waals surface area contributed by atoms with Gasteiger partial charge in [-0.15, -0.1) is 0 Å². The van der Waals surface area contributed by atoms with Crippen LogP contribution in [-0.2, 0) is 4.79 Å². The van der Waals surface area contributed by atoms with Crippen LogP contribution >= 0.6 is 0 Å². The van der Waals surface area contributed by atoms with Crippen molar-refractivity contribution in [3.63, 3.8) is 0 Å². The Kier molecular flexibility index (Phi) is 2.55. The van der Waals surface area contributed by atoms with Crippen molar-refractivity contribution >= 4 is 6.29 Å². The fourth-order valence-corrected chi connectivity index (χ4v) is 0.122. The maximum atomic E-state index is 9.78. The van der Waals surface area contributed by atoms with Gasteiger partial charge in [-0.05, 0) is 14.1 Å². The molecule has 0 rings (SSSR count). The van der Waals surface area contributed by atoms with Crippen molar-refractivity contribution in [1.82, 2.24) is 4.90 Å². The maximum Gasteiger partial charge on any atom is 0.151 e. The summed E-state index contributed by atoms with van der Waals surface area (Å²) in [6, 6.07) is 0. The van der Waals surface area contributed by atoms with Gasteiger partial charge in [0.2, 0.25) is 0 Å². The molecule has 1 atom stereocenters. The maximum absolute atomic E-state index is 9.78. The minimum absolute atomic E-state index is 0.444. The number of likely N-dealkylation sites (N-methyl/N-ethyl adjacent to an activating group) is 1. The van der Waals surface area contributed by atoms with Crippen LogP contribution in [0.25, 0.3) is 0 Å². The second kappa shape index (κ2) is 2.71. The first-order valence-electron chi connectivity index (χ1n) is 2.05. The van der Waals surface area contributed by atoms with Crippen LogP contribution in [0.2, 0.25) is 0 Å². The number of aldehydes is 1. The molecule has 0 bridgehead atoms. The van der Waals surface area contributed by atoms with Crippen LogP contribution in [0.1, 0.15) is 0 Å². The number of nitrogens with two attached hydrogens (primary N) is 1. The normalized spacial score (nSPS) is 14.3. The van der Waals surface area contributed by atoms with Gasteiger partial charge in [0.15, 0.2) is 6.29 Å². The molecule has 0 amide bonds. The van der Waals surface area contributed by atoms with Crippen molar-refractivity contribution in [3.8, 4) is 0 Å². The molecule has 0 aromatic rings. The van der Waals surface area contributed by atoms with Gasteiger partial charge in [-0.2, -0.15) is 0 Å². The monoisotopic (exact) mass is 102 g/mol. The van der Waals surface area contributed by atoms with Crippen LogP contribution in [0.5, 0.6) is 0 Å². The van der Waals surface area contributed by atoms with E-state index in [-0.39, 0.29) is 0 Å². The van der Waals surface area contributed by atoms with Gasteiger partial charge in [-0.3, -0.25) is 4.90 Å². The highest BCUT2D eigenvalue weighted by Gasteiger charge is 1.98. The summed E-state index contributed by atoms with van der Waals surface area (Å²) in [4.78, 5) is 11.4. The van der Waals surface area contributed by atoms with Gasteiger partial charge in [-0.1, -0.05) is 0 Å². The molecule has 0 aromatic heterocycles. The van der Waals surface area contributed by atoms with Gasteiger partial charge < -0.3 is 10.5 Å². The molecule has 0 spiro atoms. The Balaban J connectivity index is 3.33. The zero-order chi connectivity index (χ0) is 5.86. The van der Waals surface area contributed by atoms with E-state index in [0.717, 1.165) is 0 Å². The number of carbonyl (C=O) groups is 1. The second-order valence-electron chi connectivity index (χ2n) is 1.59. The standard InChI is InChI=1S/C4H10N2O/c1-6(2)4(5)3-7/h3-4H,5H2,1-2H3. The molecule has 0 heterocycles. The third-order valence-electron chi connectivity index (χ3n) is 0.736. The molecule has 0 aliphatic rings. The van der Waals surface area contributed by atoms with Crippen LogP contribution in [0, 0.1) is 0 Å². The molecule has 0 fully saturated rings. The van der Waals surface area contributed by atoms with E-state index >= 15 is 0 Å². The van der Waals surface area contributed by atoms with Crippen molar-refractivity contribution in [2.45, 2.75) is 6.17 Å². The van der Waals surface area contributed by atoms with E-state index < -0.39 is 6.17 Å². The fourth-order valence-electron chi connectivity index (χ4n) is 0.122. The lowest BCUT2D eigenvalue weighted by atomic mass is 10.5.